The van der Waals surface area contributed by atoms with Gasteiger partial charge < -0.3 is 11.5 Å². The van der Waals surface area contributed by atoms with Gasteiger partial charge in [0.05, 0.1) is 17.7 Å². The molecule has 0 saturated heterocycles. The molecule has 0 saturated carbocycles. The monoisotopic (exact) mass is 421 g/mol. The minimum absolute atomic E-state index is 0.0883. The summed E-state index contributed by atoms with van der Waals surface area (Å²) in [7, 11) is -3.67. The van der Waals surface area contributed by atoms with Crippen molar-refractivity contribution in [1.29, 1.82) is 0 Å². The molecule has 2 aromatic rings. The summed E-state index contributed by atoms with van der Waals surface area (Å²) in [6.07, 6.45) is 3.88. The molecular weight excluding hydrogens is 397 g/mol. The quantitative estimate of drug-likeness (QED) is 0.293. The van der Waals surface area contributed by atoms with E-state index in [9.17, 15) is 12.8 Å². The highest BCUT2D eigenvalue weighted by atomic mass is 32.2. The first-order valence-electron chi connectivity index (χ1n) is 8.74. The van der Waals surface area contributed by atoms with Gasteiger partial charge in [0.15, 0.2) is 0 Å². The van der Waals surface area contributed by atoms with Crippen LogP contribution in [0, 0.1) is 19.7 Å². The molecule has 10 heteroatoms. The molecule has 0 spiro atoms. The van der Waals surface area contributed by atoms with Crippen LogP contribution in [0.1, 0.15) is 40.3 Å². The normalized spacial score (nSPS) is 17.1. The van der Waals surface area contributed by atoms with E-state index in [0.717, 1.165) is 40.1 Å². The third-order valence-corrected chi connectivity index (χ3v) is 4.37. The number of guanidine groups is 1. The van der Waals surface area contributed by atoms with Crippen LogP contribution in [0.25, 0.3) is 0 Å². The zero-order valence-electron chi connectivity index (χ0n) is 16.4. The first kappa shape index (κ1) is 22.4. The smallest absolute Gasteiger partial charge is 0.261 e. The largest absolute Gasteiger partial charge is 0.369 e. The van der Waals surface area contributed by atoms with Crippen molar-refractivity contribution in [2.24, 2.45) is 21.7 Å². The van der Waals surface area contributed by atoms with Crippen LogP contribution in [0.4, 0.5) is 4.39 Å². The van der Waals surface area contributed by atoms with Crippen molar-refractivity contribution >= 4 is 21.8 Å². The molecular formula is C19H24FN5O3S. The lowest BCUT2D eigenvalue weighted by Crippen LogP contribution is -2.24. The molecule has 1 aliphatic rings. The molecule has 1 aromatic carbocycles. The SMILES string of the molecule is CS(=O)(=O)O.Cc1ccc(F)cc1C1C/C(=N/N=C(N)N)c2c(C)ccnc2C1. The molecule has 1 atom stereocenters. The number of nitrogens with zero attached hydrogens (tertiary/aromatic N) is 3. The van der Waals surface area contributed by atoms with Gasteiger partial charge >= 0.3 is 0 Å². The summed E-state index contributed by atoms with van der Waals surface area (Å²) in [6, 6.07) is 6.82. The van der Waals surface area contributed by atoms with Gasteiger partial charge in [-0.05, 0) is 67.5 Å². The Hall–Kier alpha value is -2.85. The van der Waals surface area contributed by atoms with E-state index in [2.05, 4.69) is 15.2 Å². The van der Waals surface area contributed by atoms with Crippen LogP contribution in [0.15, 0.2) is 40.7 Å². The maximum absolute atomic E-state index is 13.7. The van der Waals surface area contributed by atoms with E-state index in [1.54, 1.807) is 18.3 Å². The molecule has 0 amide bonds. The fourth-order valence-electron chi connectivity index (χ4n) is 3.28. The summed E-state index contributed by atoms with van der Waals surface area (Å²) < 4.78 is 39.6. The van der Waals surface area contributed by atoms with Crippen LogP contribution in [-0.4, -0.2) is 35.9 Å². The molecule has 0 fully saturated rings. The number of aryl methyl sites for hydroxylation is 2. The number of nitrogens with two attached hydrogens (primary N) is 2. The van der Waals surface area contributed by atoms with Crippen molar-refractivity contribution in [2.45, 2.75) is 32.6 Å². The summed E-state index contributed by atoms with van der Waals surface area (Å²) >= 11 is 0. The second-order valence-corrected chi connectivity index (χ2v) is 8.33. The fraction of sp³-hybridized carbons (Fsp3) is 0.316. The van der Waals surface area contributed by atoms with Gasteiger partial charge in [-0.1, -0.05) is 6.07 Å². The molecule has 0 radical (unpaired) electrons. The molecule has 1 heterocycles. The van der Waals surface area contributed by atoms with Gasteiger partial charge in [0.1, 0.15) is 5.82 Å². The number of rotatable bonds is 2. The average Bonchev–Trinajstić information content (AvgIpc) is 2.60. The van der Waals surface area contributed by atoms with Crippen molar-refractivity contribution in [3.63, 3.8) is 0 Å². The van der Waals surface area contributed by atoms with Crippen molar-refractivity contribution in [3.8, 4) is 0 Å². The lowest BCUT2D eigenvalue weighted by atomic mass is 9.79. The lowest BCUT2D eigenvalue weighted by molar-refractivity contribution is 0.490. The molecule has 8 nitrogen and oxygen atoms in total. The van der Waals surface area contributed by atoms with Crippen LogP contribution >= 0.6 is 0 Å². The molecule has 156 valence electrons. The van der Waals surface area contributed by atoms with Gasteiger partial charge in [0.25, 0.3) is 10.1 Å². The highest BCUT2D eigenvalue weighted by Crippen LogP contribution is 2.35. The fourth-order valence-corrected chi connectivity index (χ4v) is 3.28. The summed E-state index contributed by atoms with van der Waals surface area (Å²) in [4.78, 5) is 4.50. The Morgan fingerprint density at radius 3 is 2.48 bits per heavy atom. The van der Waals surface area contributed by atoms with Crippen LogP contribution in [-0.2, 0) is 16.5 Å². The van der Waals surface area contributed by atoms with E-state index in [4.69, 9.17) is 16.0 Å². The maximum atomic E-state index is 13.7. The number of aromatic nitrogens is 1. The van der Waals surface area contributed by atoms with E-state index >= 15 is 0 Å². The van der Waals surface area contributed by atoms with Gasteiger partial charge in [-0.25, -0.2) is 4.39 Å². The predicted molar refractivity (Wildman–Crippen MR) is 111 cm³/mol. The van der Waals surface area contributed by atoms with Crippen LogP contribution in [0.3, 0.4) is 0 Å². The van der Waals surface area contributed by atoms with E-state index in [0.29, 0.717) is 12.7 Å². The van der Waals surface area contributed by atoms with E-state index < -0.39 is 10.1 Å². The first-order chi connectivity index (χ1) is 13.5. The van der Waals surface area contributed by atoms with E-state index in [1.807, 2.05) is 19.9 Å². The van der Waals surface area contributed by atoms with Gasteiger partial charge in [-0.3, -0.25) is 9.54 Å². The number of hydrogen-bond donors (Lipinski definition) is 3. The van der Waals surface area contributed by atoms with Gasteiger partial charge in [-0.2, -0.15) is 13.5 Å². The zero-order chi connectivity index (χ0) is 21.8. The molecule has 0 aliphatic heterocycles. The minimum atomic E-state index is -3.67. The van der Waals surface area contributed by atoms with Crippen molar-refractivity contribution in [1.82, 2.24) is 4.98 Å². The van der Waals surface area contributed by atoms with Crippen LogP contribution < -0.4 is 11.5 Å². The lowest BCUT2D eigenvalue weighted by Gasteiger charge is -2.27. The Balaban J connectivity index is 0.000000537. The maximum Gasteiger partial charge on any atom is 0.261 e. The molecule has 1 aromatic heterocycles. The first-order valence-corrected chi connectivity index (χ1v) is 10.6. The van der Waals surface area contributed by atoms with Crippen molar-refractivity contribution in [2.75, 3.05) is 6.26 Å². The second kappa shape index (κ2) is 9.10. The molecule has 1 unspecified atom stereocenters. The van der Waals surface area contributed by atoms with Crippen LogP contribution in [0.5, 0.6) is 0 Å². The number of fused-ring (bicyclic) bond motifs is 1. The minimum Gasteiger partial charge on any atom is -0.369 e. The second-order valence-electron chi connectivity index (χ2n) is 6.86. The van der Waals surface area contributed by atoms with Gasteiger partial charge in [0, 0.05) is 11.8 Å². The molecule has 3 rings (SSSR count). The zero-order valence-corrected chi connectivity index (χ0v) is 17.2. The Labute approximate surface area is 169 Å². The topological polar surface area (TPSA) is 144 Å². The van der Waals surface area contributed by atoms with Crippen LogP contribution in [0.2, 0.25) is 0 Å². The number of halogens is 1. The Bertz CT molecular complexity index is 1060. The highest BCUT2D eigenvalue weighted by Gasteiger charge is 2.28. The number of benzene rings is 1. The third-order valence-electron chi connectivity index (χ3n) is 4.37. The molecule has 0 bridgehead atoms. The molecule has 1 aliphatic carbocycles. The Kier molecular flexibility index (Phi) is 7.04. The van der Waals surface area contributed by atoms with Crippen molar-refractivity contribution < 1.29 is 17.4 Å². The van der Waals surface area contributed by atoms with Gasteiger partial charge in [0.2, 0.25) is 5.96 Å². The third kappa shape index (κ3) is 6.61. The number of hydrogen-bond acceptors (Lipinski definition) is 5. The molecule has 29 heavy (non-hydrogen) atoms. The van der Waals surface area contributed by atoms with E-state index in [-0.39, 0.29) is 17.7 Å². The van der Waals surface area contributed by atoms with Crippen molar-refractivity contribution in [3.05, 3.63) is 64.2 Å². The summed E-state index contributed by atoms with van der Waals surface area (Å²) in [5, 5.41) is 8.05. The predicted octanol–water partition coefficient (Wildman–Crippen LogP) is 2.05. The number of pyridine rings is 1. The Morgan fingerprint density at radius 1 is 1.21 bits per heavy atom. The summed E-state index contributed by atoms with van der Waals surface area (Å²) in [5.74, 6) is -0.230. The Morgan fingerprint density at radius 2 is 1.86 bits per heavy atom. The average molecular weight is 421 g/mol. The standard InChI is InChI=1S/C18H20FN5.CH4O3S/c1-10-3-4-13(19)9-14(10)12-7-15-17(11(2)5-6-22-15)16(8-12)23-24-18(20)21;1-5(2,3)4/h3-6,9,12H,7-8H2,1-2H3,(H4,20,21,24);1H3,(H,2,3,4)/b23-16-;. The summed E-state index contributed by atoms with van der Waals surface area (Å²) in [6.45, 7) is 4.00. The van der Waals surface area contributed by atoms with E-state index in [1.165, 1.54) is 6.07 Å². The highest BCUT2D eigenvalue weighted by molar-refractivity contribution is 7.85. The van der Waals surface area contributed by atoms with Gasteiger partial charge in [-0.15, -0.1) is 5.10 Å². The summed E-state index contributed by atoms with van der Waals surface area (Å²) in [5.41, 5.74) is 16.7. The molecule has 5 N–H and O–H groups in total.